The van der Waals surface area contributed by atoms with Crippen LogP contribution in [0, 0.1) is 25.2 Å². The zero-order chi connectivity index (χ0) is 25.7. The van der Waals surface area contributed by atoms with Gasteiger partial charge in [-0.15, -0.1) is 0 Å². The van der Waals surface area contributed by atoms with Gasteiger partial charge in [-0.3, -0.25) is 0 Å². The van der Waals surface area contributed by atoms with Crippen molar-refractivity contribution in [1.29, 1.82) is 5.26 Å². The average molecular weight is 479 g/mol. The molecule has 36 heavy (non-hydrogen) atoms. The minimum Gasteiger partial charge on any atom is -0.505 e. The number of hydrogen-bond acceptors (Lipinski definition) is 8. The molecule has 0 saturated carbocycles. The fourth-order valence-corrected chi connectivity index (χ4v) is 3.77. The van der Waals surface area contributed by atoms with Crippen LogP contribution in [-0.4, -0.2) is 24.9 Å². The summed E-state index contributed by atoms with van der Waals surface area (Å²) >= 11 is 0. The van der Waals surface area contributed by atoms with Crippen LogP contribution in [0.15, 0.2) is 73.2 Å². The van der Waals surface area contributed by atoms with E-state index in [4.69, 9.17) is 16.7 Å². The molecule has 9 heteroatoms. The summed E-state index contributed by atoms with van der Waals surface area (Å²) in [5, 5.41) is 28.2. The number of anilines is 3. The summed E-state index contributed by atoms with van der Waals surface area (Å²) in [4.78, 5) is 7.91. The smallest absolute Gasteiger partial charge is 0.252 e. The van der Waals surface area contributed by atoms with Crippen molar-refractivity contribution >= 4 is 28.0 Å². The van der Waals surface area contributed by atoms with E-state index >= 15 is 0 Å². The molecule has 2 aromatic heterocycles. The number of phenols is 1. The number of phenolic OH excluding ortho intramolecular Hbond substituents is 1. The van der Waals surface area contributed by atoms with E-state index < -0.39 is 0 Å². The van der Waals surface area contributed by atoms with Crippen LogP contribution < -0.4 is 16.8 Å². The van der Waals surface area contributed by atoms with E-state index in [9.17, 15) is 5.11 Å². The first kappa shape index (κ1) is 24.0. The van der Waals surface area contributed by atoms with Crippen molar-refractivity contribution in [2.24, 2.45) is 0 Å². The number of nitrogen functional groups attached to an aromatic ring is 2. The predicted octanol–water partition coefficient (Wildman–Crippen LogP) is 4.47. The maximum atomic E-state index is 10.3. The van der Waals surface area contributed by atoms with E-state index in [1.165, 1.54) is 22.0 Å². The van der Waals surface area contributed by atoms with Gasteiger partial charge in [-0.1, -0.05) is 42.0 Å². The lowest BCUT2D eigenvalue weighted by Gasteiger charge is -2.14. The summed E-state index contributed by atoms with van der Waals surface area (Å²) in [5.74, 6) is 0.765. The van der Waals surface area contributed by atoms with Crippen LogP contribution in [-0.2, 0) is 6.54 Å². The van der Waals surface area contributed by atoms with Gasteiger partial charge in [0.05, 0.1) is 11.9 Å². The summed E-state index contributed by atoms with van der Waals surface area (Å²) in [6.45, 7) is 4.68. The van der Waals surface area contributed by atoms with Crippen molar-refractivity contribution in [3.63, 3.8) is 0 Å². The molecule has 0 bridgehead atoms. The number of nitriles is 1. The number of hydrogen-bond donors (Lipinski definition) is 4. The monoisotopic (exact) mass is 478 g/mol. The first-order valence-corrected chi connectivity index (χ1v) is 11.2. The van der Waals surface area contributed by atoms with E-state index in [1.807, 2.05) is 36.4 Å². The van der Waals surface area contributed by atoms with E-state index in [1.54, 1.807) is 18.5 Å². The second-order valence-electron chi connectivity index (χ2n) is 8.21. The largest absolute Gasteiger partial charge is 0.505 e. The Hall–Kier alpha value is -5.10. The molecule has 3 aromatic carbocycles. The summed E-state index contributed by atoms with van der Waals surface area (Å²) in [7, 11) is 0. The molecule has 9 nitrogen and oxygen atoms in total. The Morgan fingerprint density at radius 2 is 1.78 bits per heavy atom. The SMILES string of the molecule is Cc1ccc(NCc2cc3ccccc3c(N)c2O)c(C)c1.N#Cc1cnn(-c2ncccn2)c1N. The molecule has 0 radical (unpaired) electrons. The summed E-state index contributed by atoms with van der Waals surface area (Å²) in [6.07, 6.45) is 4.54. The summed E-state index contributed by atoms with van der Waals surface area (Å²) in [5.41, 5.74) is 16.8. The molecule has 0 aliphatic rings. The molecule has 180 valence electrons. The molecular weight excluding hydrogens is 452 g/mol. The highest BCUT2D eigenvalue weighted by molar-refractivity contribution is 5.96. The molecule has 0 fully saturated rings. The third kappa shape index (κ3) is 5.03. The topological polar surface area (TPSA) is 152 Å². The molecule has 0 spiro atoms. The molecule has 0 unspecified atom stereocenters. The molecule has 0 aliphatic heterocycles. The minimum absolute atomic E-state index is 0.163. The van der Waals surface area contributed by atoms with Crippen LogP contribution >= 0.6 is 0 Å². The van der Waals surface area contributed by atoms with Crippen LogP contribution in [0.5, 0.6) is 5.75 Å². The normalized spacial score (nSPS) is 10.4. The Morgan fingerprint density at radius 1 is 1.03 bits per heavy atom. The van der Waals surface area contributed by atoms with Crippen molar-refractivity contribution in [3.05, 3.63) is 95.4 Å². The fraction of sp³-hybridized carbons (Fsp3) is 0.111. The number of nitrogens with zero attached hydrogens (tertiary/aromatic N) is 5. The zero-order valence-corrected chi connectivity index (χ0v) is 20.0. The van der Waals surface area contributed by atoms with Crippen molar-refractivity contribution in [1.82, 2.24) is 19.7 Å². The Balaban J connectivity index is 0.000000187. The Morgan fingerprint density at radius 3 is 2.47 bits per heavy atom. The molecule has 0 atom stereocenters. The van der Waals surface area contributed by atoms with Gasteiger partial charge in [-0.2, -0.15) is 15.0 Å². The zero-order valence-electron chi connectivity index (χ0n) is 20.0. The number of aromatic hydroxyl groups is 1. The van der Waals surface area contributed by atoms with Gasteiger partial charge in [0.1, 0.15) is 23.2 Å². The maximum absolute atomic E-state index is 10.3. The highest BCUT2D eigenvalue weighted by Gasteiger charge is 2.11. The molecular formula is C27H26N8O. The lowest BCUT2D eigenvalue weighted by molar-refractivity contribution is 0.472. The molecule has 5 rings (SSSR count). The third-order valence-electron chi connectivity index (χ3n) is 5.66. The molecule has 0 amide bonds. The lowest BCUT2D eigenvalue weighted by Crippen LogP contribution is -2.06. The molecule has 2 heterocycles. The van der Waals surface area contributed by atoms with Crippen LogP contribution in [0.1, 0.15) is 22.3 Å². The Labute approximate surface area is 208 Å². The fourth-order valence-electron chi connectivity index (χ4n) is 3.77. The van der Waals surface area contributed by atoms with Gasteiger partial charge in [-0.05, 0) is 43.0 Å². The lowest BCUT2D eigenvalue weighted by atomic mass is 10.0. The van der Waals surface area contributed by atoms with Crippen molar-refractivity contribution in [3.8, 4) is 17.8 Å². The standard InChI is InChI=1S/C19H20N2O.C8H6N6/c1-12-7-8-17(13(2)9-12)21-11-15-10-14-5-3-4-6-16(14)18(20)19(15)22;9-4-6-5-13-14(7(6)10)8-11-2-1-3-12-8/h3-10,21-22H,11,20H2,1-2H3;1-3,5H,10H2. The average Bonchev–Trinajstić information content (AvgIpc) is 3.27. The second kappa shape index (κ2) is 10.4. The van der Waals surface area contributed by atoms with Crippen LogP contribution in [0.4, 0.5) is 17.2 Å². The third-order valence-corrected chi connectivity index (χ3v) is 5.66. The maximum Gasteiger partial charge on any atom is 0.252 e. The van der Waals surface area contributed by atoms with Gasteiger partial charge in [0.25, 0.3) is 5.95 Å². The minimum atomic E-state index is 0.163. The molecule has 6 N–H and O–H groups in total. The number of aryl methyl sites for hydroxylation is 2. The van der Waals surface area contributed by atoms with E-state index in [2.05, 4.69) is 52.4 Å². The van der Waals surface area contributed by atoms with E-state index in [-0.39, 0.29) is 11.6 Å². The quantitative estimate of drug-likeness (QED) is 0.218. The highest BCUT2D eigenvalue weighted by atomic mass is 16.3. The van der Waals surface area contributed by atoms with Gasteiger partial charge >= 0.3 is 0 Å². The van der Waals surface area contributed by atoms with Crippen LogP contribution in [0.3, 0.4) is 0 Å². The predicted molar refractivity (Wildman–Crippen MR) is 142 cm³/mol. The number of nitrogens with two attached hydrogens (primary N) is 2. The van der Waals surface area contributed by atoms with Gasteiger partial charge in [0.15, 0.2) is 0 Å². The summed E-state index contributed by atoms with van der Waals surface area (Å²) in [6, 6.07) is 19.7. The van der Waals surface area contributed by atoms with Crippen LogP contribution in [0.25, 0.3) is 16.7 Å². The van der Waals surface area contributed by atoms with Crippen molar-refractivity contribution in [2.45, 2.75) is 20.4 Å². The van der Waals surface area contributed by atoms with Gasteiger partial charge < -0.3 is 21.9 Å². The second-order valence-corrected chi connectivity index (χ2v) is 8.21. The number of rotatable bonds is 4. The van der Waals surface area contributed by atoms with Crippen molar-refractivity contribution in [2.75, 3.05) is 16.8 Å². The number of nitrogens with one attached hydrogen (secondary N) is 1. The summed E-state index contributed by atoms with van der Waals surface area (Å²) < 4.78 is 1.32. The van der Waals surface area contributed by atoms with Gasteiger partial charge in [0.2, 0.25) is 0 Å². The highest BCUT2D eigenvalue weighted by Crippen LogP contribution is 2.34. The Kier molecular flexibility index (Phi) is 6.97. The molecule has 0 aliphatic carbocycles. The van der Waals surface area contributed by atoms with Gasteiger partial charge in [0, 0.05) is 35.6 Å². The van der Waals surface area contributed by atoms with Gasteiger partial charge in [-0.25, -0.2) is 9.97 Å². The molecule has 5 aromatic rings. The number of benzene rings is 3. The first-order valence-electron chi connectivity index (χ1n) is 11.2. The number of aromatic nitrogens is 4. The molecule has 0 saturated heterocycles. The van der Waals surface area contributed by atoms with Crippen LogP contribution in [0.2, 0.25) is 0 Å². The van der Waals surface area contributed by atoms with E-state index in [0.717, 1.165) is 22.0 Å². The van der Waals surface area contributed by atoms with E-state index in [0.29, 0.717) is 23.7 Å². The van der Waals surface area contributed by atoms with Crippen molar-refractivity contribution < 1.29 is 5.11 Å². The first-order chi connectivity index (χ1) is 17.4. The number of fused-ring (bicyclic) bond motifs is 1. The Bertz CT molecular complexity index is 1550.